The largest absolute Gasteiger partial charge is 0.534 e. The standard InChI is InChI=1S/C22H25B3N7O/c1-29-15-31(21-12-5-3-10-19(21)29)17-8-7-9-18(14-17)33-25-27-23-26-24(28-25)32-16-30(2)20-11-4-6-13-22(20)32/h3-14,26-28H,15-16H2,1-2H3. The predicted octanol–water partition coefficient (Wildman–Crippen LogP) is 1.81. The van der Waals surface area contributed by atoms with Crippen LogP contribution in [0.1, 0.15) is 0 Å². The highest BCUT2D eigenvalue weighted by Crippen LogP contribution is 2.40. The van der Waals surface area contributed by atoms with E-state index in [4.69, 9.17) is 4.65 Å². The highest BCUT2D eigenvalue weighted by atomic mass is 16.5. The molecule has 0 unspecified atom stereocenters. The third-order valence-electron chi connectivity index (χ3n) is 6.38. The third-order valence-corrected chi connectivity index (χ3v) is 6.38. The lowest BCUT2D eigenvalue weighted by Crippen LogP contribution is -2.76. The van der Waals surface area contributed by atoms with Crippen molar-refractivity contribution in [3.05, 3.63) is 72.8 Å². The van der Waals surface area contributed by atoms with Crippen LogP contribution in [0.5, 0.6) is 5.75 Å². The number of nitrogens with one attached hydrogen (secondary N) is 3. The maximum Gasteiger partial charge on any atom is 0.522 e. The summed E-state index contributed by atoms with van der Waals surface area (Å²) in [4.78, 5) is 9.09. The van der Waals surface area contributed by atoms with Gasteiger partial charge in [0.2, 0.25) is 0 Å². The van der Waals surface area contributed by atoms with Crippen molar-refractivity contribution in [3.63, 3.8) is 0 Å². The quantitative estimate of drug-likeness (QED) is 0.536. The van der Waals surface area contributed by atoms with E-state index in [0.717, 1.165) is 24.8 Å². The Hall–Kier alpha value is -3.27. The molecular formula is C22H25B3N7O. The van der Waals surface area contributed by atoms with Gasteiger partial charge in [-0.3, -0.25) is 0 Å². The Balaban J connectivity index is 1.18. The van der Waals surface area contributed by atoms with Gasteiger partial charge in [0.1, 0.15) is 5.75 Å². The van der Waals surface area contributed by atoms with E-state index in [2.05, 4.69) is 110 Å². The highest BCUT2D eigenvalue weighted by Gasteiger charge is 2.39. The SMILES string of the molecule is CN1CN(B2N[B]NB(Oc3cccc(N4CN(C)c5ccccc54)c3)N2)c2ccccc21. The monoisotopic (exact) mass is 436 g/mol. The lowest BCUT2D eigenvalue weighted by atomic mass is 9.70. The van der Waals surface area contributed by atoms with Crippen molar-refractivity contribution in [2.75, 3.05) is 46.9 Å². The lowest BCUT2D eigenvalue weighted by molar-refractivity contribution is 0.553. The van der Waals surface area contributed by atoms with E-state index in [0.29, 0.717) is 0 Å². The average Bonchev–Trinajstić information content (AvgIpc) is 3.37. The zero-order chi connectivity index (χ0) is 22.4. The van der Waals surface area contributed by atoms with Gasteiger partial charge < -0.3 is 39.6 Å². The predicted molar refractivity (Wildman–Crippen MR) is 138 cm³/mol. The van der Waals surface area contributed by atoms with Crippen LogP contribution in [-0.2, 0) is 0 Å². The molecule has 3 aliphatic heterocycles. The molecule has 0 amide bonds. The summed E-state index contributed by atoms with van der Waals surface area (Å²) < 4.78 is 6.30. The molecule has 11 heteroatoms. The second-order valence-electron chi connectivity index (χ2n) is 8.60. The van der Waals surface area contributed by atoms with Gasteiger partial charge in [0.25, 0.3) is 7.55 Å². The van der Waals surface area contributed by atoms with Crippen molar-refractivity contribution in [1.29, 1.82) is 0 Å². The topological polar surface area (TPSA) is 58.3 Å². The van der Waals surface area contributed by atoms with Crippen molar-refractivity contribution in [2.45, 2.75) is 0 Å². The molecule has 163 valence electrons. The summed E-state index contributed by atoms with van der Waals surface area (Å²) in [5.74, 6) is 0.803. The zero-order valence-electron chi connectivity index (χ0n) is 18.8. The minimum atomic E-state index is -0.363. The Kier molecular flexibility index (Phi) is 5.09. The molecule has 1 fully saturated rings. The van der Waals surface area contributed by atoms with Gasteiger partial charge >= 0.3 is 14.3 Å². The molecule has 0 atom stereocenters. The van der Waals surface area contributed by atoms with Gasteiger partial charge in [-0.2, -0.15) is 0 Å². The van der Waals surface area contributed by atoms with Crippen LogP contribution >= 0.6 is 0 Å². The molecule has 6 rings (SSSR count). The molecule has 0 aliphatic carbocycles. The van der Waals surface area contributed by atoms with E-state index in [1.807, 2.05) is 19.7 Å². The molecule has 0 saturated carbocycles. The first-order chi connectivity index (χ1) is 16.2. The summed E-state index contributed by atoms with van der Waals surface area (Å²) in [7, 11) is 5.62. The first-order valence-corrected chi connectivity index (χ1v) is 11.2. The molecule has 3 aromatic carbocycles. The molecular weight excluding hydrogens is 411 g/mol. The van der Waals surface area contributed by atoms with Crippen LogP contribution in [0.2, 0.25) is 0 Å². The van der Waals surface area contributed by atoms with Crippen LogP contribution in [0.3, 0.4) is 0 Å². The van der Waals surface area contributed by atoms with Crippen LogP contribution in [0.4, 0.5) is 28.4 Å². The van der Waals surface area contributed by atoms with E-state index in [-0.39, 0.29) is 14.3 Å². The maximum absolute atomic E-state index is 6.30. The number of rotatable bonds is 4. The van der Waals surface area contributed by atoms with Crippen LogP contribution < -0.4 is 39.6 Å². The molecule has 3 aromatic rings. The first kappa shape index (κ1) is 20.3. The number of benzene rings is 3. The van der Waals surface area contributed by atoms with Gasteiger partial charge in [0.05, 0.1) is 36.1 Å². The molecule has 0 spiro atoms. The van der Waals surface area contributed by atoms with Crippen LogP contribution in [0, 0.1) is 0 Å². The molecule has 33 heavy (non-hydrogen) atoms. The van der Waals surface area contributed by atoms with Crippen molar-refractivity contribution in [3.8, 4) is 5.75 Å². The van der Waals surface area contributed by atoms with Crippen LogP contribution in [-0.4, -0.2) is 49.3 Å². The fourth-order valence-electron chi connectivity index (χ4n) is 4.78. The van der Waals surface area contributed by atoms with Gasteiger partial charge in [-0.25, -0.2) is 0 Å². The molecule has 1 radical (unpaired) electrons. The van der Waals surface area contributed by atoms with Crippen molar-refractivity contribution < 1.29 is 4.65 Å². The van der Waals surface area contributed by atoms with Crippen molar-refractivity contribution in [1.82, 2.24) is 15.4 Å². The van der Waals surface area contributed by atoms with Crippen LogP contribution in [0.25, 0.3) is 0 Å². The number of hydrogen-bond donors (Lipinski definition) is 3. The second kappa shape index (κ2) is 8.26. The van der Waals surface area contributed by atoms with Gasteiger partial charge in [0.15, 0.2) is 0 Å². The average molecular weight is 436 g/mol. The fourth-order valence-corrected chi connectivity index (χ4v) is 4.78. The Morgan fingerprint density at radius 3 is 2.30 bits per heavy atom. The Morgan fingerprint density at radius 1 is 0.788 bits per heavy atom. The summed E-state index contributed by atoms with van der Waals surface area (Å²) >= 11 is 0. The van der Waals surface area contributed by atoms with E-state index in [9.17, 15) is 0 Å². The number of para-hydroxylation sites is 4. The summed E-state index contributed by atoms with van der Waals surface area (Å²) in [6.07, 6.45) is 0. The summed E-state index contributed by atoms with van der Waals surface area (Å²) in [5, 5.41) is 10.1. The minimum absolute atomic E-state index is 0.0929. The van der Waals surface area contributed by atoms with Gasteiger partial charge in [0, 0.05) is 25.8 Å². The summed E-state index contributed by atoms with van der Waals surface area (Å²) in [6, 6.07) is 25.2. The van der Waals surface area contributed by atoms with E-state index < -0.39 is 0 Å². The molecule has 0 bridgehead atoms. The first-order valence-electron chi connectivity index (χ1n) is 11.2. The fraction of sp³-hybridized carbons (Fsp3) is 0.182. The zero-order valence-corrected chi connectivity index (χ0v) is 18.8. The lowest BCUT2D eigenvalue weighted by Gasteiger charge is -2.33. The smallest absolute Gasteiger partial charge is 0.522 e. The van der Waals surface area contributed by atoms with Gasteiger partial charge in [-0.15, -0.1) is 0 Å². The summed E-state index contributed by atoms with van der Waals surface area (Å²) in [6.45, 7) is 1.60. The highest BCUT2D eigenvalue weighted by molar-refractivity contribution is 6.81. The van der Waals surface area contributed by atoms with Gasteiger partial charge in [-0.05, 0) is 36.4 Å². The number of fused-ring (bicyclic) bond motifs is 2. The molecule has 3 heterocycles. The Labute approximate surface area is 196 Å². The van der Waals surface area contributed by atoms with E-state index in [1.165, 1.54) is 22.7 Å². The molecule has 3 N–H and O–H groups in total. The number of nitrogens with zero attached hydrogens (tertiary/aromatic N) is 4. The Morgan fingerprint density at radius 2 is 1.48 bits per heavy atom. The normalized spacial score (nSPS) is 17.3. The molecule has 8 nitrogen and oxygen atoms in total. The van der Waals surface area contributed by atoms with Crippen LogP contribution in [0.15, 0.2) is 72.8 Å². The second-order valence-corrected chi connectivity index (χ2v) is 8.60. The molecule has 0 aromatic heterocycles. The third kappa shape index (κ3) is 3.68. The molecule has 1 saturated heterocycles. The number of anilines is 5. The Bertz CT molecular complexity index is 1170. The van der Waals surface area contributed by atoms with E-state index in [1.54, 1.807) is 0 Å². The van der Waals surface area contributed by atoms with Gasteiger partial charge in [-0.1, -0.05) is 30.3 Å². The summed E-state index contributed by atoms with van der Waals surface area (Å²) in [5.41, 5.74) is 5.96. The number of hydrogen-bond acceptors (Lipinski definition) is 8. The molecule has 3 aliphatic rings. The minimum Gasteiger partial charge on any atom is -0.534 e. The van der Waals surface area contributed by atoms with E-state index >= 15 is 0 Å². The van der Waals surface area contributed by atoms with Crippen molar-refractivity contribution >= 4 is 50.3 Å². The maximum atomic E-state index is 6.30. The van der Waals surface area contributed by atoms with Crippen molar-refractivity contribution in [2.24, 2.45) is 0 Å².